The minimum absolute atomic E-state index is 0.143. The van der Waals surface area contributed by atoms with Gasteiger partial charge in [-0.2, -0.15) is 27.1 Å². The van der Waals surface area contributed by atoms with E-state index in [9.17, 15) is 35.5 Å². The summed E-state index contributed by atoms with van der Waals surface area (Å²) in [6.07, 6.45) is -3.42. The summed E-state index contributed by atoms with van der Waals surface area (Å²) in [7, 11) is 0. The molecule has 0 radical (unpaired) electrons. The molecule has 212 valence electrons. The van der Waals surface area contributed by atoms with Crippen molar-refractivity contribution in [2.24, 2.45) is 0 Å². The third-order valence-electron chi connectivity index (χ3n) is 5.61. The average molecular weight is 642 g/mol. The normalized spacial score (nSPS) is 14.8. The van der Waals surface area contributed by atoms with Gasteiger partial charge in [-0.1, -0.05) is 25.6 Å². The lowest BCUT2D eigenvalue weighted by Gasteiger charge is -2.21. The van der Waals surface area contributed by atoms with Crippen molar-refractivity contribution in [2.75, 3.05) is 6.26 Å². The van der Waals surface area contributed by atoms with Crippen LogP contribution in [0, 0.1) is 11.6 Å². The summed E-state index contributed by atoms with van der Waals surface area (Å²) >= 11 is 4.44. The van der Waals surface area contributed by atoms with Crippen LogP contribution in [-0.2, 0) is 36.3 Å². The molecule has 1 aliphatic rings. The van der Waals surface area contributed by atoms with E-state index < -0.39 is 72.0 Å². The molecule has 1 unspecified atom stereocenters. The fourth-order valence-corrected chi connectivity index (χ4v) is 4.97. The number of aromatic nitrogens is 4. The van der Waals surface area contributed by atoms with E-state index in [-0.39, 0.29) is 17.7 Å². The first-order valence-electron chi connectivity index (χ1n) is 11.6. The monoisotopic (exact) mass is 641 g/mol. The zero-order valence-electron chi connectivity index (χ0n) is 20.8. The zero-order chi connectivity index (χ0) is 29.1. The summed E-state index contributed by atoms with van der Waals surface area (Å²) in [6, 6.07) is 1.70. The lowest BCUT2D eigenvalue weighted by molar-refractivity contribution is -0.142. The second-order valence-electron chi connectivity index (χ2n) is 8.23. The van der Waals surface area contributed by atoms with E-state index in [0.717, 1.165) is 12.1 Å². The van der Waals surface area contributed by atoms with Gasteiger partial charge in [-0.15, -0.1) is 0 Å². The third kappa shape index (κ3) is 7.10. The molecule has 0 aliphatic heterocycles. The van der Waals surface area contributed by atoms with Crippen molar-refractivity contribution >= 4 is 33.6 Å². The molecular formula is C24H23BrF7N5OS. The molecule has 1 N–H and O–H groups in total. The fraction of sp³-hybridized carbons (Fsp3) is 0.417. The maximum absolute atomic E-state index is 14.4. The Morgan fingerprint density at radius 3 is 2.44 bits per heavy atom. The first kappa shape index (κ1) is 30.9. The number of carbonyl (C=O) groups is 1. The van der Waals surface area contributed by atoms with E-state index in [1.165, 1.54) is 18.0 Å². The highest BCUT2D eigenvalue weighted by atomic mass is 79.9. The SMILES string of the molecule is CC.CSc1ncc(Br)c(C(Cc2cc(F)cc(F)c2)NC(=O)Cn2nc(C(F)(F)F)c3c2C(F)(F)CC3)n1. The van der Waals surface area contributed by atoms with Crippen LogP contribution in [0.25, 0.3) is 0 Å². The van der Waals surface area contributed by atoms with E-state index in [1.807, 2.05) is 13.8 Å². The highest BCUT2D eigenvalue weighted by Crippen LogP contribution is 2.46. The van der Waals surface area contributed by atoms with E-state index >= 15 is 0 Å². The van der Waals surface area contributed by atoms with Crippen LogP contribution in [0.5, 0.6) is 0 Å². The van der Waals surface area contributed by atoms with Gasteiger partial charge in [0.25, 0.3) is 5.92 Å². The Hall–Kier alpha value is -2.68. The molecule has 0 saturated heterocycles. The molecule has 2 aromatic heterocycles. The Bertz CT molecular complexity index is 1330. The van der Waals surface area contributed by atoms with Crippen molar-refractivity contribution < 1.29 is 35.5 Å². The number of rotatable bonds is 7. The van der Waals surface area contributed by atoms with Gasteiger partial charge in [0, 0.05) is 24.2 Å². The summed E-state index contributed by atoms with van der Waals surface area (Å²) in [4.78, 5) is 21.3. The molecule has 39 heavy (non-hydrogen) atoms. The lowest BCUT2D eigenvalue weighted by atomic mass is 10.0. The molecule has 2 heterocycles. The Morgan fingerprint density at radius 1 is 1.21 bits per heavy atom. The number of hydrogen-bond donors (Lipinski definition) is 1. The van der Waals surface area contributed by atoms with Crippen LogP contribution in [0.2, 0.25) is 0 Å². The fourth-order valence-electron chi connectivity index (χ4n) is 4.15. The summed E-state index contributed by atoms with van der Waals surface area (Å²) in [5, 5.41) is 6.12. The Labute approximate surface area is 231 Å². The van der Waals surface area contributed by atoms with Crippen LogP contribution in [0.4, 0.5) is 30.7 Å². The van der Waals surface area contributed by atoms with Gasteiger partial charge < -0.3 is 5.32 Å². The third-order valence-corrected chi connectivity index (χ3v) is 6.78. The van der Waals surface area contributed by atoms with Gasteiger partial charge in [0.05, 0.1) is 16.2 Å². The molecule has 0 fully saturated rings. The van der Waals surface area contributed by atoms with Crippen LogP contribution >= 0.6 is 27.7 Å². The van der Waals surface area contributed by atoms with Crippen LogP contribution < -0.4 is 5.32 Å². The second kappa shape index (κ2) is 12.2. The number of fused-ring (bicyclic) bond motifs is 1. The summed E-state index contributed by atoms with van der Waals surface area (Å²) in [5.74, 6) is -6.27. The Balaban J connectivity index is 0.00000205. The first-order chi connectivity index (χ1) is 18.3. The number of nitrogens with zero attached hydrogens (tertiary/aromatic N) is 4. The largest absolute Gasteiger partial charge is 0.435 e. The minimum atomic E-state index is -4.98. The van der Waals surface area contributed by atoms with Gasteiger partial charge in [0.15, 0.2) is 10.9 Å². The number of nitrogens with one attached hydrogen (secondary N) is 1. The highest BCUT2D eigenvalue weighted by Gasteiger charge is 2.50. The molecule has 0 bridgehead atoms. The van der Waals surface area contributed by atoms with Crippen molar-refractivity contribution in [1.29, 1.82) is 0 Å². The molecule has 1 amide bonds. The van der Waals surface area contributed by atoms with Crippen molar-refractivity contribution in [3.63, 3.8) is 0 Å². The maximum atomic E-state index is 14.4. The molecule has 4 rings (SSSR count). The average Bonchev–Trinajstić information content (AvgIpc) is 3.37. The molecule has 15 heteroatoms. The van der Waals surface area contributed by atoms with E-state index in [2.05, 4.69) is 36.3 Å². The number of carbonyl (C=O) groups excluding carboxylic acids is 1. The number of amides is 1. The predicted octanol–water partition coefficient (Wildman–Crippen LogP) is 6.62. The smallest absolute Gasteiger partial charge is 0.346 e. The molecule has 1 aromatic carbocycles. The van der Waals surface area contributed by atoms with Gasteiger partial charge in [-0.3, -0.25) is 9.48 Å². The maximum Gasteiger partial charge on any atom is 0.435 e. The van der Waals surface area contributed by atoms with Crippen LogP contribution in [-0.4, -0.2) is 31.9 Å². The molecular weight excluding hydrogens is 619 g/mol. The first-order valence-corrected chi connectivity index (χ1v) is 13.7. The van der Waals surface area contributed by atoms with Crippen molar-refractivity contribution in [2.45, 2.75) is 63.0 Å². The van der Waals surface area contributed by atoms with Gasteiger partial charge in [-0.25, -0.2) is 18.7 Å². The quantitative estimate of drug-likeness (QED) is 0.178. The Kier molecular flexibility index (Phi) is 9.68. The van der Waals surface area contributed by atoms with Gasteiger partial charge in [0.2, 0.25) is 5.91 Å². The van der Waals surface area contributed by atoms with E-state index in [1.54, 1.807) is 6.26 Å². The summed E-state index contributed by atoms with van der Waals surface area (Å²) in [6.45, 7) is 3.06. The highest BCUT2D eigenvalue weighted by molar-refractivity contribution is 9.10. The summed E-state index contributed by atoms with van der Waals surface area (Å²) < 4.78 is 97.3. The number of alkyl halides is 5. The topological polar surface area (TPSA) is 72.7 Å². The van der Waals surface area contributed by atoms with Crippen LogP contribution in [0.3, 0.4) is 0 Å². The van der Waals surface area contributed by atoms with Crippen LogP contribution in [0.1, 0.15) is 54.5 Å². The number of thioether (sulfide) groups is 1. The van der Waals surface area contributed by atoms with Gasteiger partial charge in [-0.05, 0) is 52.7 Å². The molecule has 0 spiro atoms. The van der Waals surface area contributed by atoms with Gasteiger partial charge >= 0.3 is 6.18 Å². The molecule has 1 aliphatic carbocycles. The number of benzene rings is 1. The zero-order valence-corrected chi connectivity index (χ0v) is 23.2. The Morgan fingerprint density at radius 2 is 1.85 bits per heavy atom. The van der Waals surface area contributed by atoms with Crippen molar-refractivity contribution in [3.8, 4) is 0 Å². The van der Waals surface area contributed by atoms with Gasteiger partial charge in [0.1, 0.15) is 23.9 Å². The van der Waals surface area contributed by atoms with Crippen molar-refractivity contribution in [3.05, 3.63) is 68.7 Å². The number of halogens is 8. The van der Waals surface area contributed by atoms with Crippen LogP contribution in [0.15, 0.2) is 34.0 Å². The second-order valence-corrected chi connectivity index (χ2v) is 9.86. The molecule has 1 atom stereocenters. The minimum Gasteiger partial charge on any atom is -0.346 e. The number of hydrogen-bond acceptors (Lipinski definition) is 5. The van der Waals surface area contributed by atoms with E-state index in [0.29, 0.717) is 20.4 Å². The standard InChI is InChI=1S/C22H17BrF7N5OS.C2H6/c1-37-20-31-8-14(23)17(33-20)15(6-10-4-11(24)7-12(25)5-10)32-16(36)9-35-19-13(2-3-21(19,26)27)18(34-35)22(28,29)30;1-2/h4-5,7-8,15H,2-3,6,9H2,1H3,(H,32,36);1-2H3. The predicted molar refractivity (Wildman–Crippen MR) is 133 cm³/mol. The molecule has 3 aromatic rings. The summed E-state index contributed by atoms with van der Waals surface area (Å²) in [5.41, 5.74) is -2.69. The lowest BCUT2D eigenvalue weighted by Crippen LogP contribution is -2.35. The van der Waals surface area contributed by atoms with E-state index in [4.69, 9.17) is 0 Å². The molecule has 6 nitrogen and oxygen atoms in total. The van der Waals surface area contributed by atoms with Crippen molar-refractivity contribution in [1.82, 2.24) is 25.1 Å². The molecule has 0 saturated carbocycles.